The largest absolute Gasteiger partial charge is 0.328 e. The normalized spacial score (nSPS) is 15.2. The maximum Gasteiger partial charge on any atom is 0.0854 e. The third-order valence-corrected chi connectivity index (χ3v) is 2.42. The lowest BCUT2D eigenvalue weighted by atomic mass is 10.0. The highest BCUT2D eigenvalue weighted by Gasteiger charge is 2.06. The maximum absolute atomic E-state index is 7.90. The molecule has 0 rings (SSSR count). The van der Waals surface area contributed by atoms with E-state index >= 15 is 0 Å². The van der Waals surface area contributed by atoms with Crippen LogP contribution in [0.5, 0.6) is 0 Å². The molecule has 0 aliphatic heterocycles. The summed E-state index contributed by atoms with van der Waals surface area (Å²) >= 11 is 0. The number of hydrogen-bond donors (Lipinski definition) is 3. The van der Waals surface area contributed by atoms with Gasteiger partial charge in [-0.2, -0.15) is 0 Å². The number of rotatable bonds is 10. The minimum absolute atomic E-state index is 0.162. The second kappa shape index (κ2) is 10.3. The van der Waals surface area contributed by atoms with Gasteiger partial charge >= 0.3 is 0 Å². The van der Waals surface area contributed by atoms with E-state index in [-0.39, 0.29) is 12.1 Å². The van der Waals surface area contributed by atoms with Crippen LogP contribution in [0.15, 0.2) is 0 Å². The van der Waals surface area contributed by atoms with Crippen molar-refractivity contribution in [2.24, 2.45) is 11.5 Å². The predicted molar refractivity (Wildman–Crippen MR) is 59.0 cm³/mol. The Morgan fingerprint density at radius 3 is 2.20 bits per heavy atom. The van der Waals surface area contributed by atoms with Crippen LogP contribution in [0, 0.1) is 0 Å². The second-order valence-electron chi connectivity index (χ2n) is 3.92. The SMILES string of the molecule is CCCC(N)CCC(N)CCCOOO. The van der Waals surface area contributed by atoms with Crippen molar-refractivity contribution in [3.05, 3.63) is 0 Å². The van der Waals surface area contributed by atoms with Crippen LogP contribution in [0.4, 0.5) is 0 Å². The first kappa shape index (κ1) is 14.8. The van der Waals surface area contributed by atoms with Gasteiger partial charge in [-0.25, -0.2) is 10.1 Å². The first-order chi connectivity index (χ1) is 7.20. The van der Waals surface area contributed by atoms with Gasteiger partial charge in [0.25, 0.3) is 0 Å². The van der Waals surface area contributed by atoms with Gasteiger partial charge in [0, 0.05) is 12.1 Å². The molecule has 0 aromatic carbocycles. The van der Waals surface area contributed by atoms with Gasteiger partial charge in [0.15, 0.2) is 0 Å². The molecule has 5 N–H and O–H groups in total. The molecular formula is C10H24N2O3. The molecule has 5 nitrogen and oxygen atoms in total. The summed E-state index contributed by atoms with van der Waals surface area (Å²) in [5.41, 5.74) is 11.8. The smallest absolute Gasteiger partial charge is 0.0854 e. The van der Waals surface area contributed by atoms with Crippen molar-refractivity contribution in [1.82, 2.24) is 0 Å². The van der Waals surface area contributed by atoms with Crippen molar-refractivity contribution in [1.29, 1.82) is 0 Å². The van der Waals surface area contributed by atoms with Gasteiger partial charge in [0.1, 0.15) is 0 Å². The second-order valence-corrected chi connectivity index (χ2v) is 3.92. The van der Waals surface area contributed by atoms with Crippen molar-refractivity contribution < 1.29 is 15.2 Å². The van der Waals surface area contributed by atoms with Crippen LogP contribution in [0.25, 0.3) is 0 Å². The number of hydrogen-bond acceptors (Lipinski definition) is 5. The molecule has 5 heteroatoms. The topological polar surface area (TPSA) is 90.7 Å². The quantitative estimate of drug-likeness (QED) is 0.294. The summed E-state index contributed by atoms with van der Waals surface area (Å²) in [5.74, 6) is 0. The van der Waals surface area contributed by atoms with E-state index in [2.05, 4.69) is 16.8 Å². The highest BCUT2D eigenvalue weighted by atomic mass is 17.5. The molecule has 0 aromatic heterocycles. The van der Waals surface area contributed by atoms with Gasteiger partial charge in [-0.05, 0) is 32.1 Å². The van der Waals surface area contributed by atoms with Crippen LogP contribution >= 0.6 is 0 Å². The summed E-state index contributed by atoms with van der Waals surface area (Å²) in [6.45, 7) is 2.50. The molecule has 0 bridgehead atoms. The molecule has 15 heavy (non-hydrogen) atoms. The Morgan fingerprint density at radius 2 is 1.67 bits per heavy atom. The molecule has 0 radical (unpaired) electrons. The highest BCUT2D eigenvalue weighted by Crippen LogP contribution is 2.07. The summed E-state index contributed by atoms with van der Waals surface area (Å²) in [6.07, 6.45) is 5.76. The van der Waals surface area contributed by atoms with E-state index in [1.807, 2.05) is 0 Å². The van der Waals surface area contributed by atoms with Crippen LogP contribution in [0.3, 0.4) is 0 Å². The lowest BCUT2D eigenvalue weighted by Crippen LogP contribution is -2.26. The molecule has 2 unspecified atom stereocenters. The minimum Gasteiger partial charge on any atom is -0.328 e. The van der Waals surface area contributed by atoms with Gasteiger partial charge in [-0.3, -0.25) is 0 Å². The molecule has 0 saturated carbocycles. The Hall–Kier alpha value is -0.200. The highest BCUT2D eigenvalue weighted by molar-refractivity contribution is 4.67. The Balaban J connectivity index is 3.28. The molecule has 2 atom stereocenters. The van der Waals surface area contributed by atoms with Crippen LogP contribution in [-0.4, -0.2) is 23.9 Å². The zero-order valence-corrected chi connectivity index (χ0v) is 9.52. The Morgan fingerprint density at radius 1 is 1.07 bits per heavy atom. The van der Waals surface area contributed by atoms with Crippen molar-refractivity contribution in [2.45, 2.75) is 57.5 Å². The van der Waals surface area contributed by atoms with E-state index < -0.39 is 0 Å². The lowest BCUT2D eigenvalue weighted by molar-refractivity contribution is -0.490. The van der Waals surface area contributed by atoms with Crippen LogP contribution in [0.1, 0.15) is 45.4 Å². The monoisotopic (exact) mass is 220 g/mol. The molecule has 0 amide bonds. The zero-order valence-electron chi connectivity index (χ0n) is 9.52. The van der Waals surface area contributed by atoms with Crippen LogP contribution in [-0.2, 0) is 9.93 Å². The van der Waals surface area contributed by atoms with Crippen molar-refractivity contribution in [2.75, 3.05) is 6.61 Å². The van der Waals surface area contributed by atoms with Crippen molar-refractivity contribution >= 4 is 0 Å². The molecule has 0 fully saturated rings. The molecule has 0 heterocycles. The molecule has 0 aliphatic rings. The predicted octanol–water partition coefficient (Wildman–Crippen LogP) is 1.42. The van der Waals surface area contributed by atoms with Gasteiger partial charge in [0.2, 0.25) is 0 Å². The molecule has 0 aromatic rings. The summed E-state index contributed by atoms with van der Waals surface area (Å²) in [4.78, 5) is 4.32. The van der Waals surface area contributed by atoms with E-state index in [0.29, 0.717) is 6.61 Å². The van der Waals surface area contributed by atoms with E-state index in [4.69, 9.17) is 16.7 Å². The maximum atomic E-state index is 7.90. The van der Waals surface area contributed by atoms with E-state index in [1.54, 1.807) is 0 Å². The molecule has 0 spiro atoms. The third-order valence-electron chi connectivity index (χ3n) is 2.42. The lowest BCUT2D eigenvalue weighted by Gasteiger charge is -2.14. The molecule has 0 aliphatic carbocycles. The zero-order chi connectivity index (χ0) is 11.5. The molecule has 92 valence electrons. The summed E-state index contributed by atoms with van der Waals surface area (Å²) in [7, 11) is 0. The fourth-order valence-electron chi connectivity index (χ4n) is 1.53. The summed E-state index contributed by atoms with van der Waals surface area (Å²) in [6, 6.07) is 0.438. The van der Waals surface area contributed by atoms with Gasteiger partial charge in [0.05, 0.1) is 6.61 Å². The summed E-state index contributed by atoms with van der Waals surface area (Å²) in [5, 5.41) is 11.4. The average molecular weight is 220 g/mol. The standard InChI is InChI=1S/C10H24N2O3/c1-2-4-9(11)6-7-10(12)5-3-8-14-15-13/h9-10,13H,2-8,11-12H2,1H3. The Labute approximate surface area is 91.6 Å². The van der Waals surface area contributed by atoms with Gasteiger partial charge < -0.3 is 11.5 Å². The minimum atomic E-state index is 0.162. The summed E-state index contributed by atoms with van der Waals surface area (Å²) < 4.78 is 0. The van der Waals surface area contributed by atoms with Crippen molar-refractivity contribution in [3.8, 4) is 0 Å². The first-order valence-electron chi connectivity index (χ1n) is 5.64. The average Bonchev–Trinajstić information content (AvgIpc) is 2.22. The fraction of sp³-hybridized carbons (Fsp3) is 1.00. The van der Waals surface area contributed by atoms with E-state index in [1.165, 1.54) is 0 Å². The van der Waals surface area contributed by atoms with Crippen LogP contribution < -0.4 is 11.5 Å². The number of nitrogens with two attached hydrogens (primary N) is 2. The van der Waals surface area contributed by atoms with Crippen molar-refractivity contribution in [3.63, 3.8) is 0 Å². The Bertz CT molecular complexity index is 136. The fourth-order valence-corrected chi connectivity index (χ4v) is 1.53. The third kappa shape index (κ3) is 10.1. The Kier molecular flexibility index (Phi) is 10.2. The first-order valence-corrected chi connectivity index (χ1v) is 5.64. The van der Waals surface area contributed by atoms with Crippen LogP contribution in [0.2, 0.25) is 0 Å². The molecular weight excluding hydrogens is 196 g/mol. The van der Waals surface area contributed by atoms with E-state index in [0.717, 1.165) is 38.5 Å². The van der Waals surface area contributed by atoms with Gasteiger partial charge in [-0.15, -0.1) is 0 Å². The van der Waals surface area contributed by atoms with Gasteiger partial charge in [-0.1, -0.05) is 18.4 Å². The van der Waals surface area contributed by atoms with E-state index in [9.17, 15) is 0 Å². The molecule has 0 saturated heterocycles.